The third-order valence-corrected chi connectivity index (χ3v) is 6.85. The number of sulfonamides is 1. The highest BCUT2D eigenvalue weighted by Gasteiger charge is 2.43. The van der Waals surface area contributed by atoms with Crippen molar-refractivity contribution >= 4 is 15.9 Å². The van der Waals surface area contributed by atoms with E-state index in [9.17, 15) is 13.2 Å². The van der Waals surface area contributed by atoms with E-state index < -0.39 is 16.1 Å². The van der Waals surface area contributed by atoms with E-state index in [-0.39, 0.29) is 10.8 Å². The van der Waals surface area contributed by atoms with Gasteiger partial charge in [0.2, 0.25) is 15.9 Å². The summed E-state index contributed by atoms with van der Waals surface area (Å²) in [5.41, 5.74) is 1.12. The molecule has 148 valence electrons. The first-order valence-electron chi connectivity index (χ1n) is 9.29. The lowest BCUT2D eigenvalue weighted by atomic mass is 10.1. The number of ether oxygens (including phenoxy) is 2. The smallest absolute Gasteiger partial charge is 0.243 e. The molecule has 1 N–H and O–H groups in total. The molecule has 7 nitrogen and oxygen atoms in total. The number of carbonyl (C=O) groups excluding carboxylic acids is 1. The maximum atomic E-state index is 13.0. The molecule has 2 heterocycles. The molecule has 2 aromatic rings. The van der Waals surface area contributed by atoms with E-state index in [1.807, 2.05) is 30.3 Å². The van der Waals surface area contributed by atoms with Gasteiger partial charge in [-0.3, -0.25) is 4.79 Å². The van der Waals surface area contributed by atoms with Crippen molar-refractivity contribution < 1.29 is 22.7 Å². The van der Waals surface area contributed by atoms with Crippen LogP contribution < -0.4 is 14.8 Å². The number of nitrogens with zero attached hydrogens (tertiary/aromatic N) is 1. The number of nitrogens with one attached hydrogen (secondary N) is 1. The van der Waals surface area contributed by atoms with Gasteiger partial charge < -0.3 is 14.8 Å². The largest absolute Gasteiger partial charge is 0.486 e. The summed E-state index contributed by atoms with van der Waals surface area (Å²) in [5, 5.41) is 2.85. The monoisotopic (exact) mass is 402 g/mol. The lowest BCUT2D eigenvalue weighted by Gasteiger charge is -2.38. The van der Waals surface area contributed by atoms with Gasteiger partial charge in [-0.25, -0.2) is 8.42 Å². The van der Waals surface area contributed by atoms with Crippen molar-refractivity contribution in [3.63, 3.8) is 0 Å². The van der Waals surface area contributed by atoms with Gasteiger partial charge in [0.25, 0.3) is 0 Å². The third kappa shape index (κ3) is 3.70. The van der Waals surface area contributed by atoms with Crippen molar-refractivity contribution in [1.82, 2.24) is 9.62 Å². The summed E-state index contributed by atoms with van der Waals surface area (Å²) < 4.78 is 38.1. The number of hydrogen-bond acceptors (Lipinski definition) is 5. The lowest BCUT2D eigenvalue weighted by Crippen LogP contribution is -2.58. The first kappa shape index (κ1) is 18.8. The minimum atomic E-state index is -3.77. The second-order valence-corrected chi connectivity index (χ2v) is 8.64. The van der Waals surface area contributed by atoms with E-state index in [0.29, 0.717) is 50.6 Å². The molecule has 0 radical (unpaired) electrons. The van der Waals surface area contributed by atoms with Gasteiger partial charge in [0.15, 0.2) is 11.5 Å². The second kappa shape index (κ2) is 7.81. The summed E-state index contributed by atoms with van der Waals surface area (Å²) in [5.74, 6) is 0.684. The predicted molar refractivity (Wildman–Crippen MR) is 103 cm³/mol. The average Bonchev–Trinajstić information content (AvgIpc) is 2.67. The minimum Gasteiger partial charge on any atom is -0.486 e. The van der Waals surface area contributed by atoms with E-state index in [2.05, 4.69) is 5.32 Å². The van der Waals surface area contributed by atoms with E-state index >= 15 is 0 Å². The van der Waals surface area contributed by atoms with E-state index in [1.165, 1.54) is 16.4 Å². The molecule has 2 aliphatic heterocycles. The van der Waals surface area contributed by atoms with E-state index in [1.54, 1.807) is 6.07 Å². The van der Waals surface area contributed by atoms with Crippen LogP contribution in [0, 0.1) is 0 Å². The zero-order valence-corrected chi connectivity index (χ0v) is 16.2. The van der Waals surface area contributed by atoms with Gasteiger partial charge >= 0.3 is 0 Å². The molecule has 0 aromatic heterocycles. The second-order valence-electron chi connectivity index (χ2n) is 6.75. The van der Waals surface area contributed by atoms with Crippen molar-refractivity contribution in [3.05, 3.63) is 54.1 Å². The number of rotatable bonds is 6. The molecular weight excluding hydrogens is 380 g/mol. The van der Waals surface area contributed by atoms with Gasteiger partial charge in [-0.1, -0.05) is 30.3 Å². The Kier molecular flexibility index (Phi) is 5.23. The van der Waals surface area contributed by atoms with Crippen LogP contribution in [0.5, 0.6) is 11.5 Å². The minimum absolute atomic E-state index is 0.110. The first-order valence-corrected chi connectivity index (χ1v) is 10.7. The SMILES string of the molecule is O=C(NCCc1ccccc1)[C@H]1CCN1S(=O)(=O)c1ccc2c(c1)OCCO2. The zero-order chi connectivity index (χ0) is 19.6. The Labute approximate surface area is 164 Å². The summed E-state index contributed by atoms with van der Waals surface area (Å²) in [6, 6.07) is 13.7. The maximum Gasteiger partial charge on any atom is 0.243 e. The summed E-state index contributed by atoms with van der Waals surface area (Å²) in [6.07, 6.45) is 1.22. The van der Waals surface area contributed by atoms with Crippen molar-refractivity contribution in [3.8, 4) is 11.5 Å². The van der Waals surface area contributed by atoms with Gasteiger partial charge in [0.1, 0.15) is 19.3 Å². The summed E-state index contributed by atoms with van der Waals surface area (Å²) >= 11 is 0. The molecular formula is C20H22N2O5S. The van der Waals surface area contributed by atoms with Gasteiger partial charge in [-0.2, -0.15) is 4.31 Å². The predicted octanol–water partition coefficient (Wildman–Crippen LogP) is 1.58. The fraction of sp³-hybridized carbons (Fsp3) is 0.350. The van der Waals surface area contributed by atoms with Gasteiger partial charge in [-0.15, -0.1) is 0 Å². The standard InChI is InChI=1S/C20H22N2O5S/c23-20(21-10-8-15-4-2-1-3-5-15)17-9-11-22(17)28(24,25)16-6-7-18-19(14-16)27-13-12-26-18/h1-7,14,17H,8-13H2,(H,21,23)/t17-/m1/s1. The van der Waals surface area contributed by atoms with Gasteiger partial charge in [0, 0.05) is 19.2 Å². The molecule has 2 aromatic carbocycles. The van der Waals surface area contributed by atoms with Crippen molar-refractivity contribution in [1.29, 1.82) is 0 Å². The molecule has 28 heavy (non-hydrogen) atoms. The molecule has 0 bridgehead atoms. The molecule has 1 saturated heterocycles. The van der Waals surface area contributed by atoms with Crippen molar-refractivity contribution in [2.24, 2.45) is 0 Å². The molecule has 4 rings (SSSR count). The number of benzene rings is 2. The molecule has 1 amide bonds. The van der Waals surface area contributed by atoms with Crippen molar-refractivity contribution in [2.75, 3.05) is 26.3 Å². The number of hydrogen-bond donors (Lipinski definition) is 1. The van der Waals surface area contributed by atoms with Gasteiger partial charge in [-0.05, 0) is 30.5 Å². The van der Waals surface area contributed by atoms with Crippen molar-refractivity contribution in [2.45, 2.75) is 23.8 Å². The summed E-state index contributed by atoms with van der Waals surface area (Å²) in [7, 11) is -3.77. The fourth-order valence-electron chi connectivity index (χ4n) is 3.33. The van der Waals surface area contributed by atoms with Crippen LogP contribution in [-0.4, -0.2) is 51.0 Å². The highest BCUT2D eigenvalue weighted by molar-refractivity contribution is 7.89. The molecule has 0 aliphatic carbocycles. The lowest BCUT2D eigenvalue weighted by molar-refractivity contribution is -0.127. The Bertz CT molecular complexity index is 962. The average molecular weight is 402 g/mol. The molecule has 1 fully saturated rings. The normalized spacial score (nSPS) is 18.9. The topological polar surface area (TPSA) is 84.9 Å². The molecule has 8 heteroatoms. The number of carbonyl (C=O) groups is 1. The van der Waals surface area contributed by atoms with Crippen LogP contribution in [0.2, 0.25) is 0 Å². The fourth-order valence-corrected chi connectivity index (χ4v) is 4.97. The number of amides is 1. The Morgan fingerprint density at radius 2 is 1.82 bits per heavy atom. The molecule has 1 atom stereocenters. The quantitative estimate of drug-likeness (QED) is 0.793. The van der Waals surface area contributed by atoms with Crippen LogP contribution in [0.25, 0.3) is 0 Å². The number of fused-ring (bicyclic) bond motifs is 1. The van der Waals surface area contributed by atoms with Crippen LogP contribution in [0.3, 0.4) is 0 Å². The summed E-state index contributed by atoms with van der Waals surface area (Å²) in [4.78, 5) is 12.6. The van der Waals surface area contributed by atoms with Crippen LogP contribution in [-0.2, 0) is 21.2 Å². The Hall–Kier alpha value is -2.58. The summed E-state index contributed by atoms with van der Waals surface area (Å²) in [6.45, 7) is 1.62. The van der Waals surface area contributed by atoms with Gasteiger partial charge in [0.05, 0.1) is 4.90 Å². The highest BCUT2D eigenvalue weighted by Crippen LogP contribution is 2.35. The highest BCUT2D eigenvalue weighted by atomic mass is 32.2. The van der Waals surface area contributed by atoms with Crippen LogP contribution in [0.15, 0.2) is 53.4 Å². The van der Waals surface area contributed by atoms with Crippen LogP contribution in [0.4, 0.5) is 0 Å². The Morgan fingerprint density at radius 3 is 2.54 bits per heavy atom. The molecule has 0 spiro atoms. The Morgan fingerprint density at radius 1 is 1.07 bits per heavy atom. The van der Waals surface area contributed by atoms with E-state index in [0.717, 1.165) is 5.56 Å². The maximum absolute atomic E-state index is 13.0. The molecule has 2 aliphatic rings. The molecule has 0 saturated carbocycles. The zero-order valence-electron chi connectivity index (χ0n) is 15.3. The Balaban J connectivity index is 1.40. The first-order chi connectivity index (χ1) is 13.6. The third-order valence-electron chi connectivity index (χ3n) is 4.95. The van der Waals surface area contributed by atoms with E-state index in [4.69, 9.17) is 9.47 Å². The van der Waals surface area contributed by atoms with Crippen LogP contribution in [0.1, 0.15) is 12.0 Å². The van der Waals surface area contributed by atoms with Crippen LogP contribution >= 0.6 is 0 Å². The molecule has 0 unspecified atom stereocenters.